The Morgan fingerprint density at radius 2 is 0.870 bits per heavy atom. The van der Waals surface area contributed by atoms with Crippen LogP contribution < -0.4 is 21.3 Å². The first-order valence-electron chi connectivity index (χ1n) is 15.8. The Labute approximate surface area is 307 Å². The van der Waals surface area contributed by atoms with Gasteiger partial charge in [-0.05, 0) is 109 Å². The molecule has 6 aromatic rings. The van der Waals surface area contributed by atoms with Crippen molar-refractivity contribution in [2.75, 3.05) is 21.3 Å². The van der Waals surface area contributed by atoms with Crippen LogP contribution in [0.25, 0.3) is 21.5 Å². The summed E-state index contributed by atoms with van der Waals surface area (Å²) in [6.07, 6.45) is 0. The van der Waals surface area contributed by atoms with Gasteiger partial charge in [-0.3, -0.25) is 18.7 Å². The average molecular weight is 771 g/mol. The van der Waals surface area contributed by atoms with Crippen LogP contribution in [-0.2, 0) is 20.2 Å². The van der Waals surface area contributed by atoms with E-state index in [4.69, 9.17) is 0 Å². The maximum Gasteiger partial charge on any atom is 0.323 e. The fourth-order valence-corrected chi connectivity index (χ4v) is 6.73. The first-order chi connectivity index (χ1) is 25.3. The molecular formula is C37H30N4O11S2. The van der Waals surface area contributed by atoms with Crippen LogP contribution in [0.3, 0.4) is 0 Å². The first-order valence-corrected chi connectivity index (χ1v) is 18.6. The molecule has 0 aromatic heterocycles. The van der Waals surface area contributed by atoms with Gasteiger partial charge >= 0.3 is 6.03 Å². The lowest BCUT2D eigenvalue weighted by Crippen LogP contribution is -2.21. The number of nitrogens with one attached hydrogen (secondary N) is 4. The third-order valence-corrected chi connectivity index (χ3v) is 10.1. The van der Waals surface area contributed by atoms with E-state index in [1.54, 1.807) is 38.1 Å². The summed E-state index contributed by atoms with van der Waals surface area (Å²) in [5, 5.41) is 32.6. The predicted octanol–water partition coefficient (Wildman–Crippen LogP) is 6.66. The Bertz CT molecular complexity index is 2600. The van der Waals surface area contributed by atoms with Gasteiger partial charge < -0.3 is 31.5 Å². The van der Waals surface area contributed by atoms with E-state index in [2.05, 4.69) is 21.3 Å². The predicted molar refractivity (Wildman–Crippen MR) is 202 cm³/mol. The maximum atomic E-state index is 13.3. The fourth-order valence-electron chi connectivity index (χ4n) is 5.70. The summed E-state index contributed by atoms with van der Waals surface area (Å²) >= 11 is 0. The van der Waals surface area contributed by atoms with Gasteiger partial charge in [0.25, 0.3) is 32.1 Å². The quantitative estimate of drug-likeness (QED) is 0.0760. The van der Waals surface area contributed by atoms with Gasteiger partial charge in [0.1, 0.15) is 11.5 Å². The highest BCUT2D eigenvalue weighted by Gasteiger charge is 2.18. The van der Waals surface area contributed by atoms with Crippen LogP contribution >= 0.6 is 0 Å². The van der Waals surface area contributed by atoms with Crippen molar-refractivity contribution in [3.8, 4) is 11.5 Å². The van der Waals surface area contributed by atoms with E-state index in [9.17, 15) is 50.5 Å². The zero-order valence-corrected chi connectivity index (χ0v) is 29.8. The average Bonchev–Trinajstić information content (AvgIpc) is 3.08. The molecule has 15 nitrogen and oxygen atoms in total. The summed E-state index contributed by atoms with van der Waals surface area (Å²) in [7, 11) is -9.03. The number of fused-ring (bicyclic) bond motifs is 2. The Balaban J connectivity index is 1.15. The standard InChI is InChI=1S/C37H30N4O11S2/c1-19-3-5-23(15-31(19)35(44)38-25-11-21-13-27(53(47,48)49)7-9-29(21)33(42)17-25)40-37(46)41-24-6-4-20(2)32(16-24)36(45)39-26-12-22-14-28(54(50,51)52)8-10-30(22)34(43)18-26/h3-18,42-43H,1-2H3,(H,38,44)(H,39,45)(H2,40,41,46)(H,47,48,49)(H,50,51,52). The first kappa shape index (κ1) is 37.2. The summed E-state index contributed by atoms with van der Waals surface area (Å²) in [6, 6.07) is 21.1. The smallest absolute Gasteiger partial charge is 0.323 e. The van der Waals surface area contributed by atoms with Crippen LogP contribution in [0, 0.1) is 13.8 Å². The number of phenolic OH excluding ortho intramolecular Hbond substituents is 2. The number of aryl methyl sites for hydroxylation is 2. The second kappa shape index (κ2) is 14.1. The van der Waals surface area contributed by atoms with Gasteiger partial charge in [-0.15, -0.1) is 0 Å². The number of phenols is 2. The Morgan fingerprint density at radius 1 is 0.481 bits per heavy atom. The molecule has 0 saturated heterocycles. The van der Waals surface area contributed by atoms with Crippen LogP contribution in [-0.4, -0.2) is 54.0 Å². The Kier molecular flexibility index (Phi) is 9.74. The molecule has 4 amide bonds. The van der Waals surface area contributed by atoms with Crippen molar-refractivity contribution in [1.29, 1.82) is 0 Å². The summed E-state index contributed by atoms with van der Waals surface area (Å²) in [5.74, 6) is -1.69. The van der Waals surface area contributed by atoms with E-state index in [0.29, 0.717) is 21.9 Å². The van der Waals surface area contributed by atoms with Gasteiger partial charge in [-0.2, -0.15) is 16.8 Å². The normalized spacial score (nSPS) is 11.6. The van der Waals surface area contributed by atoms with Crippen LogP contribution in [0.1, 0.15) is 31.8 Å². The van der Waals surface area contributed by atoms with Crippen molar-refractivity contribution in [3.63, 3.8) is 0 Å². The highest BCUT2D eigenvalue weighted by Crippen LogP contribution is 2.33. The van der Waals surface area contributed by atoms with Crippen LogP contribution in [0.4, 0.5) is 27.5 Å². The third-order valence-electron chi connectivity index (χ3n) is 8.40. The number of urea groups is 1. The van der Waals surface area contributed by atoms with Crippen molar-refractivity contribution in [3.05, 3.63) is 119 Å². The van der Waals surface area contributed by atoms with Gasteiger partial charge in [0, 0.05) is 56.8 Å². The fraction of sp³-hybridized carbons (Fsp3) is 0.0541. The van der Waals surface area contributed by atoms with Gasteiger partial charge in [-0.1, -0.05) is 12.1 Å². The monoisotopic (exact) mass is 770 g/mol. The largest absolute Gasteiger partial charge is 0.507 e. The second-order valence-electron chi connectivity index (χ2n) is 12.3. The van der Waals surface area contributed by atoms with Crippen molar-refractivity contribution < 1.29 is 50.5 Å². The Morgan fingerprint density at radius 3 is 1.24 bits per heavy atom. The molecule has 6 aromatic carbocycles. The van der Waals surface area contributed by atoms with Gasteiger partial charge in [0.2, 0.25) is 0 Å². The minimum absolute atomic E-state index is 0.135. The van der Waals surface area contributed by atoms with E-state index in [1.807, 2.05) is 0 Å². The molecule has 0 aliphatic rings. The SMILES string of the molecule is Cc1ccc(NC(=O)Nc2ccc(C)c(C(=O)Nc3cc(O)c4ccc(S(=O)(=O)O)cc4c3)c2)cc1C(=O)Nc1cc(O)c2ccc(S(=O)(=O)O)cc2c1. The van der Waals surface area contributed by atoms with E-state index in [1.165, 1.54) is 48.5 Å². The lowest BCUT2D eigenvalue weighted by Gasteiger charge is -2.14. The molecule has 0 saturated carbocycles. The molecule has 0 spiro atoms. The number of rotatable bonds is 8. The molecule has 276 valence electrons. The number of aromatic hydroxyl groups is 2. The molecule has 0 unspecified atom stereocenters. The number of amides is 4. The van der Waals surface area contributed by atoms with E-state index in [0.717, 1.165) is 24.3 Å². The molecule has 0 fully saturated rings. The minimum atomic E-state index is -4.51. The molecular weight excluding hydrogens is 741 g/mol. The number of carbonyl (C=O) groups is 3. The summed E-state index contributed by atoms with van der Waals surface area (Å²) < 4.78 is 65.2. The molecule has 8 N–H and O–H groups in total. The molecule has 0 aliphatic heterocycles. The Hall–Kier alpha value is -6.53. The highest BCUT2D eigenvalue weighted by molar-refractivity contribution is 7.86. The van der Waals surface area contributed by atoms with Crippen LogP contribution in [0.15, 0.2) is 107 Å². The molecule has 0 atom stereocenters. The van der Waals surface area contributed by atoms with Crippen molar-refractivity contribution in [2.24, 2.45) is 0 Å². The lowest BCUT2D eigenvalue weighted by molar-refractivity contribution is 0.101. The summed E-state index contributed by atoms with van der Waals surface area (Å²) in [4.78, 5) is 38.8. The maximum absolute atomic E-state index is 13.3. The molecule has 0 radical (unpaired) electrons. The second-order valence-corrected chi connectivity index (χ2v) is 15.1. The summed E-state index contributed by atoms with van der Waals surface area (Å²) in [6.45, 7) is 3.34. The van der Waals surface area contributed by atoms with Crippen molar-refractivity contribution in [1.82, 2.24) is 0 Å². The highest BCUT2D eigenvalue weighted by atomic mass is 32.2. The number of anilines is 4. The van der Waals surface area contributed by atoms with Crippen molar-refractivity contribution >= 4 is 82.4 Å². The molecule has 17 heteroatoms. The van der Waals surface area contributed by atoms with E-state index in [-0.39, 0.29) is 65.9 Å². The molecule has 6 rings (SSSR count). The topological polar surface area (TPSA) is 249 Å². The van der Waals surface area contributed by atoms with Gasteiger partial charge in [0.15, 0.2) is 0 Å². The lowest BCUT2D eigenvalue weighted by atomic mass is 10.1. The third kappa shape index (κ3) is 8.08. The molecule has 0 heterocycles. The van der Waals surface area contributed by atoms with E-state index < -0.39 is 38.1 Å². The van der Waals surface area contributed by atoms with Crippen molar-refractivity contribution in [2.45, 2.75) is 23.6 Å². The summed E-state index contributed by atoms with van der Waals surface area (Å²) in [5.41, 5.74) is 2.17. The van der Waals surface area contributed by atoms with Crippen LogP contribution in [0.2, 0.25) is 0 Å². The number of benzene rings is 6. The van der Waals surface area contributed by atoms with Gasteiger partial charge in [0.05, 0.1) is 9.79 Å². The molecule has 0 aliphatic carbocycles. The number of carbonyl (C=O) groups excluding carboxylic acids is 3. The van der Waals surface area contributed by atoms with E-state index >= 15 is 0 Å². The van der Waals surface area contributed by atoms with Gasteiger partial charge in [-0.25, -0.2) is 4.79 Å². The molecule has 0 bridgehead atoms. The number of hydrogen-bond acceptors (Lipinski definition) is 9. The zero-order chi connectivity index (χ0) is 39.1. The zero-order valence-electron chi connectivity index (χ0n) is 28.2. The van der Waals surface area contributed by atoms with Crippen LogP contribution in [0.5, 0.6) is 11.5 Å². The molecule has 54 heavy (non-hydrogen) atoms. The number of hydrogen-bond donors (Lipinski definition) is 8. The minimum Gasteiger partial charge on any atom is -0.507 e.